The van der Waals surface area contributed by atoms with Gasteiger partial charge in [0.2, 0.25) is 0 Å². The van der Waals surface area contributed by atoms with Crippen LogP contribution >= 0.6 is 0 Å². The van der Waals surface area contributed by atoms with E-state index < -0.39 is 0 Å². The number of guanidine groups is 1. The lowest BCUT2D eigenvalue weighted by molar-refractivity contribution is 0.757. The largest absolute Gasteiger partial charge is 0.352 e. The topological polar surface area (TPSA) is 71.3 Å². The number of benzene rings is 1. The molecule has 0 saturated carbocycles. The molecule has 0 radical (unpaired) electrons. The Balaban J connectivity index is 1.51. The van der Waals surface area contributed by atoms with Gasteiger partial charge in [0.15, 0.2) is 5.96 Å². The Morgan fingerprint density at radius 1 is 0.963 bits per heavy atom. The van der Waals surface area contributed by atoms with Crippen molar-refractivity contribution < 1.29 is 0 Å². The van der Waals surface area contributed by atoms with Crippen LogP contribution < -0.4 is 16.2 Å². The number of pyridine rings is 2. The highest BCUT2D eigenvalue weighted by atomic mass is 16.1. The Hall–Kier alpha value is -3.41. The molecule has 0 amide bonds. The van der Waals surface area contributed by atoms with Crippen LogP contribution in [0.15, 0.2) is 82.8 Å². The summed E-state index contributed by atoms with van der Waals surface area (Å²) in [7, 11) is 1.74. The van der Waals surface area contributed by atoms with E-state index in [4.69, 9.17) is 0 Å². The van der Waals surface area contributed by atoms with Gasteiger partial charge in [-0.15, -0.1) is 0 Å². The number of rotatable bonds is 6. The summed E-state index contributed by atoms with van der Waals surface area (Å²) in [6.45, 7) is 1.85. The van der Waals surface area contributed by atoms with Gasteiger partial charge in [-0.2, -0.15) is 0 Å². The van der Waals surface area contributed by atoms with Crippen molar-refractivity contribution in [2.24, 2.45) is 4.99 Å². The number of aromatic nitrogens is 2. The number of hydrogen-bond donors (Lipinski definition) is 2. The summed E-state index contributed by atoms with van der Waals surface area (Å²) in [5.41, 5.74) is 3.19. The van der Waals surface area contributed by atoms with Crippen LogP contribution in [0.1, 0.15) is 16.8 Å². The van der Waals surface area contributed by atoms with Crippen LogP contribution in [0.2, 0.25) is 0 Å². The van der Waals surface area contributed by atoms with E-state index in [1.54, 1.807) is 36.1 Å². The normalized spacial score (nSPS) is 11.2. The zero-order valence-corrected chi connectivity index (χ0v) is 15.3. The minimum atomic E-state index is 0.00558. The summed E-state index contributed by atoms with van der Waals surface area (Å²) < 4.78 is 1.69. The van der Waals surface area contributed by atoms with Crippen molar-refractivity contribution >= 4 is 5.96 Å². The van der Waals surface area contributed by atoms with E-state index in [1.165, 1.54) is 0 Å². The molecule has 0 aliphatic rings. The molecule has 2 aromatic heterocycles. The van der Waals surface area contributed by atoms with Gasteiger partial charge in [0.25, 0.3) is 5.56 Å². The molecule has 0 unspecified atom stereocenters. The van der Waals surface area contributed by atoms with Crippen molar-refractivity contribution in [1.82, 2.24) is 20.2 Å². The molecule has 2 N–H and O–H groups in total. The van der Waals surface area contributed by atoms with Gasteiger partial charge in [-0.05, 0) is 29.3 Å². The molecule has 1 aromatic carbocycles. The zero-order valence-electron chi connectivity index (χ0n) is 15.3. The van der Waals surface area contributed by atoms with Crippen LogP contribution in [0.25, 0.3) is 0 Å². The summed E-state index contributed by atoms with van der Waals surface area (Å²) in [6.07, 6.45) is 3.58. The maximum Gasteiger partial charge on any atom is 0.250 e. The van der Waals surface area contributed by atoms with Gasteiger partial charge in [-0.25, -0.2) is 0 Å². The van der Waals surface area contributed by atoms with Crippen LogP contribution in [0.3, 0.4) is 0 Å². The van der Waals surface area contributed by atoms with Gasteiger partial charge >= 0.3 is 0 Å². The third-order valence-electron chi connectivity index (χ3n) is 4.12. The van der Waals surface area contributed by atoms with Crippen molar-refractivity contribution in [2.45, 2.75) is 19.6 Å². The molecule has 0 atom stereocenters. The fraction of sp³-hybridized carbons (Fsp3) is 0.190. The van der Waals surface area contributed by atoms with Gasteiger partial charge < -0.3 is 15.2 Å². The van der Waals surface area contributed by atoms with Gasteiger partial charge in [0.05, 0.1) is 18.8 Å². The molecular weight excluding hydrogens is 338 g/mol. The standard InChI is InChI=1S/C21H23N5O/c1-22-21(25-15-19-6-2-4-12-23-19)24-14-17-8-10-18(11-9-17)16-26-13-5-3-7-20(26)27/h2-13H,14-16H2,1H3,(H2,22,24,25). The lowest BCUT2D eigenvalue weighted by Crippen LogP contribution is -2.36. The predicted molar refractivity (Wildman–Crippen MR) is 108 cm³/mol. The summed E-state index contributed by atoms with van der Waals surface area (Å²) in [5.74, 6) is 0.723. The quantitative estimate of drug-likeness (QED) is 0.521. The molecule has 27 heavy (non-hydrogen) atoms. The average Bonchev–Trinajstić information content (AvgIpc) is 2.72. The maximum absolute atomic E-state index is 11.8. The average molecular weight is 361 g/mol. The van der Waals surface area contributed by atoms with Gasteiger partial charge in [0, 0.05) is 32.1 Å². The fourth-order valence-electron chi connectivity index (χ4n) is 2.63. The monoisotopic (exact) mass is 361 g/mol. The molecule has 3 rings (SSSR count). The Morgan fingerprint density at radius 3 is 2.41 bits per heavy atom. The molecule has 6 heteroatoms. The molecule has 0 aliphatic heterocycles. The minimum absolute atomic E-state index is 0.00558. The first-order valence-corrected chi connectivity index (χ1v) is 8.82. The van der Waals surface area contributed by atoms with E-state index in [9.17, 15) is 4.79 Å². The molecule has 6 nitrogen and oxygen atoms in total. The first-order chi connectivity index (χ1) is 13.2. The number of aliphatic imine (C=N–C) groups is 1. The van der Waals surface area contributed by atoms with Crippen LogP contribution in [0.5, 0.6) is 0 Å². The fourth-order valence-corrected chi connectivity index (χ4v) is 2.63. The summed E-state index contributed by atoms with van der Waals surface area (Å²) >= 11 is 0. The second-order valence-corrected chi connectivity index (χ2v) is 6.08. The van der Waals surface area contributed by atoms with E-state index in [-0.39, 0.29) is 5.56 Å². The molecule has 3 aromatic rings. The van der Waals surface area contributed by atoms with E-state index in [2.05, 4.69) is 32.7 Å². The lowest BCUT2D eigenvalue weighted by atomic mass is 10.1. The Morgan fingerprint density at radius 2 is 1.70 bits per heavy atom. The maximum atomic E-state index is 11.8. The van der Waals surface area contributed by atoms with Crippen molar-refractivity contribution in [3.63, 3.8) is 0 Å². The molecule has 0 fully saturated rings. The van der Waals surface area contributed by atoms with E-state index in [0.29, 0.717) is 19.6 Å². The third-order valence-corrected chi connectivity index (χ3v) is 4.12. The Kier molecular flexibility index (Phi) is 6.35. The SMILES string of the molecule is CN=C(NCc1ccc(Cn2ccccc2=O)cc1)NCc1ccccn1. The van der Waals surface area contributed by atoms with Crippen molar-refractivity contribution in [3.05, 3.63) is 100 Å². The molecular formula is C21H23N5O. The summed E-state index contributed by atoms with van der Waals surface area (Å²) in [6, 6.07) is 19.2. The summed E-state index contributed by atoms with van der Waals surface area (Å²) in [5, 5.41) is 6.53. The van der Waals surface area contributed by atoms with Crippen molar-refractivity contribution in [1.29, 1.82) is 0 Å². The second-order valence-electron chi connectivity index (χ2n) is 6.08. The van der Waals surface area contributed by atoms with Crippen molar-refractivity contribution in [3.8, 4) is 0 Å². The first kappa shape index (κ1) is 18.4. The Labute approximate surface area is 158 Å². The highest BCUT2D eigenvalue weighted by Gasteiger charge is 2.01. The second kappa shape index (κ2) is 9.33. The van der Waals surface area contributed by atoms with Crippen LogP contribution in [-0.4, -0.2) is 22.6 Å². The number of nitrogens with one attached hydrogen (secondary N) is 2. The third kappa shape index (κ3) is 5.54. The molecule has 0 aliphatic carbocycles. The van der Waals surface area contributed by atoms with Crippen LogP contribution in [-0.2, 0) is 19.6 Å². The van der Waals surface area contributed by atoms with Crippen LogP contribution in [0, 0.1) is 0 Å². The molecule has 0 bridgehead atoms. The van der Waals surface area contributed by atoms with Gasteiger partial charge in [0.1, 0.15) is 0 Å². The first-order valence-electron chi connectivity index (χ1n) is 8.82. The number of nitrogens with zero attached hydrogens (tertiary/aromatic N) is 3. The van der Waals surface area contributed by atoms with E-state index in [1.807, 2.05) is 36.4 Å². The van der Waals surface area contributed by atoms with Crippen molar-refractivity contribution in [2.75, 3.05) is 7.05 Å². The van der Waals surface area contributed by atoms with E-state index in [0.717, 1.165) is 22.8 Å². The van der Waals surface area contributed by atoms with Gasteiger partial charge in [-0.1, -0.05) is 36.4 Å². The smallest absolute Gasteiger partial charge is 0.250 e. The predicted octanol–water partition coefficient (Wildman–Crippen LogP) is 2.16. The van der Waals surface area contributed by atoms with Gasteiger partial charge in [-0.3, -0.25) is 14.8 Å². The van der Waals surface area contributed by atoms with E-state index >= 15 is 0 Å². The zero-order chi connectivity index (χ0) is 18.9. The lowest BCUT2D eigenvalue weighted by Gasteiger charge is -2.12. The van der Waals surface area contributed by atoms with Crippen LogP contribution in [0.4, 0.5) is 0 Å². The minimum Gasteiger partial charge on any atom is -0.352 e. The molecule has 138 valence electrons. The summed E-state index contributed by atoms with van der Waals surface area (Å²) in [4.78, 5) is 20.3. The number of hydrogen-bond acceptors (Lipinski definition) is 3. The molecule has 0 spiro atoms. The Bertz CT molecular complexity index is 933. The molecule has 2 heterocycles. The highest BCUT2D eigenvalue weighted by Crippen LogP contribution is 2.05. The highest BCUT2D eigenvalue weighted by molar-refractivity contribution is 5.79. The molecule has 0 saturated heterocycles.